The molecule has 2 atom stereocenters. The number of hydrogen-bond donors (Lipinski definition) is 1. The summed E-state index contributed by atoms with van der Waals surface area (Å²) < 4.78 is 0. The molecular formula is C39H32N2. The molecule has 0 aliphatic carbocycles. The van der Waals surface area contributed by atoms with Gasteiger partial charge in [-0.25, -0.2) is 0 Å². The standard InChI is InChI=1S/C39H32N2/c1-26(34-18-10-16-32-22-28-12-6-8-14-30(28)24-36(32)34)40-38-20-4-3-5-21-39(38)41-27(2)35-19-11-17-33-23-29-13-7-9-15-31(29)25-37(33)35/h3-27H,1-2H3,(H,40,41)/t26-,27-/m0/s1. The van der Waals surface area contributed by atoms with Crippen molar-refractivity contribution in [1.29, 1.82) is 0 Å². The Labute approximate surface area is 240 Å². The molecule has 41 heavy (non-hydrogen) atoms. The molecule has 0 heterocycles. The van der Waals surface area contributed by atoms with Gasteiger partial charge in [0.25, 0.3) is 0 Å². The van der Waals surface area contributed by atoms with E-state index < -0.39 is 0 Å². The number of nitrogens with zero attached hydrogens (tertiary/aromatic N) is 1. The molecule has 7 aromatic carbocycles. The third-order valence-corrected chi connectivity index (χ3v) is 8.20. The van der Waals surface area contributed by atoms with E-state index in [0.29, 0.717) is 0 Å². The van der Waals surface area contributed by atoms with Crippen molar-refractivity contribution in [3.05, 3.63) is 156 Å². The van der Waals surface area contributed by atoms with E-state index in [1.165, 1.54) is 54.2 Å². The average molecular weight is 529 g/mol. The summed E-state index contributed by atoms with van der Waals surface area (Å²) in [4.78, 5) is 5.29. The first-order valence-corrected chi connectivity index (χ1v) is 14.4. The van der Waals surface area contributed by atoms with Crippen molar-refractivity contribution in [2.24, 2.45) is 4.99 Å². The molecule has 0 bridgehead atoms. The van der Waals surface area contributed by atoms with Crippen LogP contribution in [0, 0.1) is 0 Å². The van der Waals surface area contributed by atoms with Crippen molar-refractivity contribution in [3.63, 3.8) is 0 Å². The quantitative estimate of drug-likeness (QED) is 0.221. The van der Waals surface area contributed by atoms with Crippen LogP contribution in [0.1, 0.15) is 37.1 Å². The van der Waals surface area contributed by atoms with Crippen LogP contribution in [-0.4, -0.2) is 0 Å². The number of hydrogen-bond acceptors (Lipinski definition) is 2. The molecule has 0 radical (unpaired) electrons. The van der Waals surface area contributed by atoms with Crippen LogP contribution in [0.15, 0.2) is 145 Å². The lowest BCUT2D eigenvalue weighted by molar-refractivity contribution is 0.795. The predicted octanol–water partition coefficient (Wildman–Crippen LogP) is 10.1. The van der Waals surface area contributed by atoms with Crippen LogP contribution >= 0.6 is 0 Å². The van der Waals surface area contributed by atoms with Crippen molar-refractivity contribution in [2.75, 3.05) is 5.32 Å². The Morgan fingerprint density at radius 1 is 0.463 bits per heavy atom. The zero-order valence-electron chi connectivity index (χ0n) is 23.4. The van der Waals surface area contributed by atoms with Gasteiger partial charge in [0.1, 0.15) is 0 Å². The minimum absolute atomic E-state index is 0.0120. The van der Waals surface area contributed by atoms with Crippen molar-refractivity contribution in [1.82, 2.24) is 0 Å². The Morgan fingerprint density at radius 2 is 0.951 bits per heavy atom. The highest BCUT2D eigenvalue weighted by Gasteiger charge is 2.13. The summed E-state index contributed by atoms with van der Waals surface area (Å²) >= 11 is 0. The van der Waals surface area contributed by atoms with Gasteiger partial charge in [0, 0.05) is 6.04 Å². The van der Waals surface area contributed by atoms with E-state index in [-0.39, 0.29) is 12.1 Å². The smallest absolute Gasteiger partial charge is 0.0813 e. The second kappa shape index (κ2) is 10.6. The van der Waals surface area contributed by atoms with E-state index in [1.807, 2.05) is 0 Å². The first-order valence-electron chi connectivity index (χ1n) is 14.4. The van der Waals surface area contributed by atoms with Gasteiger partial charge < -0.3 is 5.32 Å². The SMILES string of the molecule is C[C@H](N=c1cccccc1N[C@@H](C)c1cccc2cc3ccccc3cc12)c1cccc2cc3ccccc3cc12. The van der Waals surface area contributed by atoms with Crippen LogP contribution in [0.5, 0.6) is 0 Å². The highest BCUT2D eigenvalue weighted by Crippen LogP contribution is 2.32. The van der Waals surface area contributed by atoms with Crippen LogP contribution < -0.4 is 10.7 Å². The van der Waals surface area contributed by atoms with Gasteiger partial charge >= 0.3 is 0 Å². The first kappa shape index (κ1) is 25.0. The lowest BCUT2D eigenvalue weighted by Crippen LogP contribution is -2.15. The van der Waals surface area contributed by atoms with Gasteiger partial charge in [0.05, 0.1) is 17.1 Å². The fourth-order valence-corrected chi connectivity index (χ4v) is 6.09. The van der Waals surface area contributed by atoms with Crippen molar-refractivity contribution < 1.29 is 0 Å². The van der Waals surface area contributed by atoms with E-state index >= 15 is 0 Å². The summed E-state index contributed by atoms with van der Waals surface area (Å²) in [5.41, 5.74) is 3.54. The third kappa shape index (κ3) is 4.83. The van der Waals surface area contributed by atoms with E-state index in [4.69, 9.17) is 4.99 Å². The maximum Gasteiger partial charge on any atom is 0.0813 e. The third-order valence-electron chi connectivity index (χ3n) is 8.20. The second-order valence-electron chi connectivity index (χ2n) is 10.9. The van der Waals surface area contributed by atoms with Crippen LogP contribution in [0.4, 0.5) is 5.69 Å². The molecule has 0 saturated heterocycles. The molecule has 1 N–H and O–H groups in total. The zero-order valence-corrected chi connectivity index (χ0v) is 23.4. The molecule has 2 heteroatoms. The number of fused-ring (bicyclic) bond motifs is 4. The number of rotatable bonds is 5. The molecule has 0 fully saturated rings. The average Bonchev–Trinajstić information content (AvgIpc) is 3.22. The number of benzene rings is 6. The largest absolute Gasteiger partial charge is 0.377 e. The van der Waals surface area contributed by atoms with Gasteiger partial charge in [-0.05, 0) is 104 Å². The Morgan fingerprint density at radius 3 is 1.59 bits per heavy atom. The molecule has 0 aliphatic heterocycles. The van der Waals surface area contributed by atoms with Gasteiger partial charge in [-0.3, -0.25) is 4.99 Å². The van der Waals surface area contributed by atoms with E-state index in [9.17, 15) is 0 Å². The molecule has 7 rings (SSSR count). The maximum absolute atomic E-state index is 5.29. The van der Waals surface area contributed by atoms with Crippen LogP contribution in [0.25, 0.3) is 43.1 Å². The van der Waals surface area contributed by atoms with E-state index in [2.05, 4.69) is 159 Å². The Kier molecular flexibility index (Phi) is 6.45. The molecule has 2 nitrogen and oxygen atoms in total. The van der Waals surface area contributed by atoms with Crippen LogP contribution in [0.2, 0.25) is 0 Å². The van der Waals surface area contributed by atoms with Gasteiger partial charge in [-0.2, -0.15) is 0 Å². The predicted molar refractivity (Wildman–Crippen MR) is 175 cm³/mol. The van der Waals surface area contributed by atoms with Crippen LogP contribution in [0.3, 0.4) is 0 Å². The minimum atomic E-state index is -0.0120. The Bertz CT molecular complexity index is 2130. The summed E-state index contributed by atoms with van der Waals surface area (Å²) in [6.07, 6.45) is 0. The lowest BCUT2D eigenvalue weighted by Gasteiger charge is -2.19. The van der Waals surface area contributed by atoms with E-state index in [0.717, 1.165) is 11.0 Å². The summed E-state index contributed by atoms with van der Waals surface area (Å²) in [6.45, 7) is 4.43. The van der Waals surface area contributed by atoms with Gasteiger partial charge in [-0.1, -0.05) is 103 Å². The van der Waals surface area contributed by atoms with Crippen LogP contribution in [-0.2, 0) is 0 Å². The first-order chi connectivity index (χ1) is 20.1. The van der Waals surface area contributed by atoms with Crippen molar-refractivity contribution >= 4 is 48.8 Å². The summed E-state index contributed by atoms with van der Waals surface area (Å²) in [5, 5.41) is 14.9. The van der Waals surface area contributed by atoms with Gasteiger partial charge in [0.15, 0.2) is 0 Å². The lowest BCUT2D eigenvalue weighted by atomic mass is 9.96. The zero-order chi connectivity index (χ0) is 27.8. The fraction of sp³-hybridized carbons (Fsp3) is 0.103. The summed E-state index contributed by atoms with van der Waals surface area (Å²) in [6, 6.07) is 50.1. The molecule has 0 saturated carbocycles. The molecule has 0 unspecified atom stereocenters. The molecule has 0 aromatic heterocycles. The highest BCUT2D eigenvalue weighted by atomic mass is 14.9. The molecule has 7 aromatic rings. The number of anilines is 1. The molecule has 0 amide bonds. The van der Waals surface area contributed by atoms with Gasteiger partial charge in [-0.15, -0.1) is 0 Å². The topological polar surface area (TPSA) is 24.4 Å². The molecule has 198 valence electrons. The highest BCUT2D eigenvalue weighted by molar-refractivity contribution is 6.01. The van der Waals surface area contributed by atoms with Gasteiger partial charge in [0.2, 0.25) is 0 Å². The molecule has 0 aliphatic rings. The van der Waals surface area contributed by atoms with Crippen molar-refractivity contribution in [2.45, 2.75) is 25.9 Å². The normalized spacial score (nSPS) is 13.6. The Balaban J connectivity index is 1.28. The number of nitrogens with one attached hydrogen (secondary N) is 1. The monoisotopic (exact) mass is 528 g/mol. The second-order valence-corrected chi connectivity index (χ2v) is 10.9. The minimum Gasteiger partial charge on any atom is -0.377 e. The van der Waals surface area contributed by atoms with E-state index in [1.54, 1.807) is 0 Å². The van der Waals surface area contributed by atoms with Crippen molar-refractivity contribution in [3.8, 4) is 0 Å². The summed E-state index contributed by atoms with van der Waals surface area (Å²) in [5.74, 6) is 0. The fourth-order valence-electron chi connectivity index (χ4n) is 6.09. The molecule has 0 spiro atoms. The Hall–Kier alpha value is -4.95. The summed E-state index contributed by atoms with van der Waals surface area (Å²) in [7, 11) is 0. The maximum atomic E-state index is 5.29. The molecular weight excluding hydrogens is 496 g/mol.